The van der Waals surface area contributed by atoms with Crippen LogP contribution in [0.1, 0.15) is 15.9 Å². The molecule has 0 radical (unpaired) electrons. The Morgan fingerprint density at radius 3 is 2.36 bits per heavy atom. The highest BCUT2D eigenvalue weighted by molar-refractivity contribution is 7.89. The number of benzene rings is 2. The average molecular weight is 325 g/mol. The Balaban J connectivity index is 2.21. The minimum Gasteiger partial charge on any atom is -0.507 e. The van der Waals surface area contributed by atoms with E-state index in [4.69, 9.17) is 5.11 Å². The molecule has 8 heteroatoms. The lowest BCUT2D eigenvalue weighted by Gasteiger charge is -2.08. The number of carboxylic acids is 1. The zero-order valence-corrected chi connectivity index (χ0v) is 12.0. The van der Waals surface area contributed by atoms with Crippen molar-refractivity contribution in [3.8, 4) is 5.75 Å². The van der Waals surface area contributed by atoms with E-state index in [9.17, 15) is 22.7 Å². The molecule has 0 aliphatic heterocycles. The molecule has 0 fully saturated rings. The fourth-order valence-corrected chi connectivity index (χ4v) is 2.76. The summed E-state index contributed by atoms with van der Waals surface area (Å²) in [7, 11) is -3.96. The van der Waals surface area contributed by atoms with Gasteiger partial charge < -0.3 is 10.2 Å². The van der Waals surface area contributed by atoms with Crippen molar-refractivity contribution in [2.24, 2.45) is 0 Å². The minimum atomic E-state index is -3.96. The van der Waals surface area contributed by atoms with Crippen LogP contribution in [0, 0.1) is 5.82 Å². The second-order valence-electron chi connectivity index (χ2n) is 4.44. The van der Waals surface area contributed by atoms with Gasteiger partial charge in [-0.25, -0.2) is 22.3 Å². The van der Waals surface area contributed by atoms with Crippen molar-refractivity contribution in [1.82, 2.24) is 4.72 Å². The van der Waals surface area contributed by atoms with Crippen molar-refractivity contribution in [3.63, 3.8) is 0 Å². The molecule has 2 rings (SSSR count). The number of aromatic carboxylic acids is 1. The average Bonchev–Trinajstić information content (AvgIpc) is 2.46. The van der Waals surface area contributed by atoms with Crippen LogP contribution in [-0.2, 0) is 16.6 Å². The smallest absolute Gasteiger partial charge is 0.339 e. The van der Waals surface area contributed by atoms with E-state index in [-0.39, 0.29) is 11.4 Å². The third-order valence-corrected chi connectivity index (χ3v) is 4.29. The molecule has 0 aliphatic carbocycles. The highest BCUT2D eigenvalue weighted by Crippen LogP contribution is 2.21. The molecule has 0 aliphatic rings. The van der Waals surface area contributed by atoms with E-state index in [1.165, 1.54) is 24.3 Å². The SMILES string of the molecule is O=C(O)c1cc(S(=O)(=O)NCc2ccc(F)cc2)ccc1O. The fourth-order valence-electron chi connectivity index (χ4n) is 1.72. The maximum Gasteiger partial charge on any atom is 0.339 e. The maximum atomic E-state index is 12.8. The van der Waals surface area contributed by atoms with Crippen molar-refractivity contribution < 1.29 is 27.8 Å². The van der Waals surface area contributed by atoms with Gasteiger partial charge in [0.25, 0.3) is 0 Å². The number of halogens is 1. The van der Waals surface area contributed by atoms with Crippen LogP contribution < -0.4 is 4.72 Å². The molecule has 0 saturated carbocycles. The predicted octanol–water partition coefficient (Wildman–Crippen LogP) is 1.71. The normalized spacial score (nSPS) is 11.3. The van der Waals surface area contributed by atoms with Crippen molar-refractivity contribution in [2.45, 2.75) is 11.4 Å². The topological polar surface area (TPSA) is 104 Å². The fraction of sp³-hybridized carbons (Fsp3) is 0.0714. The van der Waals surface area contributed by atoms with Crippen LogP contribution in [0.25, 0.3) is 0 Å². The van der Waals surface area contributed by atoms with E-state index >= 15 is 0 Å². The van der Waals surface area contributed by atoms with Crippen LogP contribution in [0.3, 0.4) is 0 Å². The summed E-state index contributed by atoms with van der Waals surface area (Å²) >= 11 is 0. The Kier molecular flexibility index (Phi) is 4.43. The first-order chi connectivity index (χ1) is 10.3. The summed E-state index contributed by atoms with van der Waals surface area (Å²) in [4.78, 5) is 10.6. The molecule has 0 spiro atoms. The Hall–Kier alpha value is -2.45. The van der Waals surface area contributed by atoms with Gasteiger partial charge in [0.2, 0.25) is 10.0 Å². The molecule has 2 aromatic carbocycles. The lowest BCUT2D eigenvalue weighted by Crippen LogP contribution is -2.23. The second kappa shape index (κ2) is 6.12. The van der Waals surface area contributed by atoms with Gasteiger partial charge in [-0.3, -0.25) is 0 Å². The van der Waals surface area contributed by atoms with E-state index < -0.39 is 33.1 Å². The third kappa shape index (κ3) is 3.60. The van der Waals surface area contributed by atoms with Crippen molar-refractivity contribution in [2.75, 3.05) is 0 Å². The zero-order valence-electron chi connectivity index (χ0n) is 11.2. The Bertz CT molecular complexity index is 802. The monoisotopic (exact) mass is 325 g/mol. The summed E-state index contributed by atoms with van der Waals surface area (Å²) in [5.41, 5.74) is 0.0341. The Morgan fingerprint density at radius 2 is 1.77 bits per heavy atom. The van der Waals surface area contributed by atoms with Crippen LogP contribution in [0.2, 0.25) is 0 Å². The quantitative estimate of drug-likeness (QED) is 0.776. The van der Waals surface area contributed by atoms with Gasteiger partial charge in [-0.2, -0.15) is 0 Å². The van der Waals surface area contributed by atoms with Gasteiger partial charge in [0.05, 0.1) is 4.90 Å². The molecule has 2 aromatic rings. The van der Waals surface area contributed by atoms with E-state index in [2.05, 4.69) is 4.72 Å². The summed E-state index contributed by atoms with van der Waals surface area (Å²) in [5, 5.41) is 18.3. The minimum absolute atomic E-state index is 0.0775. The van der Waals surface area contributed by atoms with Crippen molar-refractivity contribution >= 4 is 16.0 Å². The lowest BCUT2D eigenvalue weighted by atomic mass is 10.2. The Labute approximate surface area is 125 Å². The molecule has 0 atom stereocenters. The number of rotatable bonds is 5. The van der Waals surface area contributed by atoms with Gasteiger partial charge in [0, 0.05) is 6.54 Å². The predicted molar refractivity (Wildman–Crippen MR) is 75.5 cm³/mol. The molecular formula is C14H12FNO5S. The van der Waals surface area contributed by atoms with Crippen LogP contribution in [0.5, 0.6) is 5.75 Å². The molecule has 0 saturated heterocycles. The van der Waals surface area contributed by atoms with E-state index in [1.807, 2.05) is 0 Å². The summed E-state index contributed by atoms with van der Waals surface area (Å²) in [6.45, 7) is -0.0775. The molecule has 0 bridgehead atoms. The summed E-state index contributed by atoms with van der Waals surface area (Å²) in [5.74, 6) is -2.39. The molecule has 3 N–H and O–H groups in total. The van der Waals surface area contributed by atoms with Gasteiger partial charge in [-0.1, -0.05) is 12.1 Å². The molecule has 0 heterocycles. The summed E-state index contributed by atoms with van der Waals surface area (Å²) in [6.07, 6.45) is 0. The number of nitrogens with one attached hydrogen (secondary N) is 1. The molecule has 0 aromatic heterocycles. The van der Waals surface area contributed by atoms with Crippen LogP contribution in [-0.4, -0.2) is 24.6 Å². The highest BCUT2D eigenvalue weighted by Gasteiger charge is 2.18. The first-order valence-corrected chi connectivity index (χ1v) is 7.58. The number of sulfonamides is 1. The number of carbonyl (C=O) groups is 1. The maximum absolute atomic E-state index is 12.8. The first-order valence-electron chi connectivity index (χ1n) is 6.10. The van der Waals surface area contributed by atoms with Gasteiger partial charge in [-0.05, 0) is 35.9 Å². The number of carboxylic acid groups (broad SMARTS) is 1. The van der Waals surface area contributed by atoms with Gasteiger partial charge in [0.15, 0.2) is 0 Å². The standard InChI is InChI=1S/C14H12FNO5S/c15-10-3-1-9(2-4-10)8-16-22(20,21)11-5-6-13(17)12(7-11)14(18)19/h1-7,16-17H,8H2,(H,18,19). The first kappa shape index (κ1) is 15.9. The number of phenols is 1. The number of aromatic hydroxyl groups is 1. The molecule has 116 valence electrons. The second-order valence-corrected chi connectivity index (χ2v) is 6.20. The van der Waals surface area contributed by atoms with Crippen LogP contribution in [0.4, 0.5) is 4.39 Å². The number of hydrogen-bond acceptors (Lipinski definition) is 4. The number of hydrogen-bond donors (Lipinski definition) is 3. The third-order valence-electron chi connectivity index (χ3n) is 2.89. The van der Waals surface area contributed by atoms with E-state index in [0.29, 0.717) is 5.56 Å². The van der Waals surface area contributed by atoms with Gasteiger partial charge in [-0.15, -0.1) is 0 Å². The molecule has 6 nitrogen and oxygen atoms in total. The lowest BCUT2D eigenvalue weighted by molar-refractivity contribution is 0.0693. The molecule has 22 heavy (non-hydrogen) atoms. The largest absolute Gasteiger partial charge is 0.507 e. The molecule has 0 unspecified atom stereocenters. The van der Waals surface area contributed by atoms with Crippen molar-refractivity contribution in [3.05, 3.63) is 59.4 Å². The van der Waals surface area contributed by atoms with Gasteiger partial charge >= 0.3 is 5.97 Å². The molecule has 0 amide bonds. The Morgan fingerprint density at radius 1 is 1.14 bits per heavy atom. The van der Waals surface area contributed by atoms with E-state index in [0.717, 1.165) is 18.2 Å². The van der Waals surface area contributed by atoms with Gasteiger partial charge in [0.1, 0.15) is 17.1 Å². The summed E-state index contributed by atoms with van der Waals surface area (Å²) in [6, 6.07) is 8.21. The van der Waals surface area contributed by atoms with Crippen LogP contribution >= 0.6 is 0 Å². The zero-order chi connectivity index (χ0) is 16.3. The van der Waals surface area contributed by atoms with Crippen molar-refractivity contribution in [1.29, 1.82) is 0 Å². The summed E-state index contributed by atoms with van der Waals surface area (Å²) < 4.78 is 39.2. The van der Waals surface area contributed by atoms with E-state index in [1.54, 1.807) is 0 Å². The molecular weight excluding hydrogens is 313 g/mol. The van der Waals surface area contributed by atoms with Crippen LogP contribution in [0.15, 0.2) is 47.4 Å². The highest BCUT2D eigenvalue weighted by atomic mass is 32.2.